The Morgan fingerprint density at radius 3 is 1.98 bits per heavy atom. The lowest BCUT2D eigenvalue weighted by molar-refractivity contribution is 0.623. The lowest BCUT2D eigenvalue weighted by Crippen LogP contribution is -2.10. The molecule has 0 fully saturated rings. The van der Waals surface area contributed by atoms with E-state index in [4.69, 9.17) is 13.8 Å². The normalized spacial score (nSPS) is 11.9. The van der Waals surface area contributed by atoms with Gasteiger partial charge in [-0.1, -0.05) is 109 Å². The molecule has 0 saturated heterocycles. The minimum absolute atomic E-state index is 0.620. The number of hydrogen-bond donors (Lipinski definition) is 0. The molecule has 2 aromatic heterocycles. The van der Waals surface area contributed by atoms with Gasteiger partial charge in [-0.2, -0.15) is 0 Å². The monoisotopic (exact) mass is 652 g/mol. The Bertz CT molecular complexity index is 3160. The minimum Gasteiger partial charge on any atom is -0.456 e. The quantitative estimate of drug-likeness (QED) is 0.177. The number of furan rings is 1. The predicted molar refractivity (Wildman–Crippen MR) is 211 cm³/mol. The minimum atomic E-state index is 0.620. The Hall–Kier alpha value is -6.91. The first-order valence-electron chi connectivity index (χ1n) is 17.2. The van der Waals surface area contributed by atoms with Gasteiger partial charge >= 0.3 is 0 Å². The van der Waals surface area contributed by atoms with Crippen LogP contribution in [0.5, 0.6) is 0 Å². The van der Waals surface area contributed by atoms with Crippen LogP contribution in [0, 0.1) is 0 Å². The molecule has 11 aromatic rings. The van der Waals surface area contributed by atoms with E-state index in [-0.39, 0.29) is 0 Å². The lowest BCUT2D eigenvalue weighted by atomic mass is 9.97. The Balaban J connectivity index is 1.21. The average Bonchev–Trinajstić information content (AvgIpc) is 3.80. The van der Waals surface area contributed by atoms with E-state index in [0.29, 0.717) is 5.89 Å². The molecule has 4 nitrogen and oxygen atoms in total. The van der Waals surface area contributed by atoms with Crippen LogP contribution in [0.2, 0.25) is 0 Å². The van der Waals surface area contributed by atoms with Crippen LogP contribution in [0.3, 0.4) is 0 Å². The summed E-state index contributed by atoms with van der Waals surface area (Å²) in [5, 5.41) is 11.4. The van der Waals surface area contributed by atoms with Crippen LogP contribution in [0.1, 0.15) is 0 Å². The maximum atomic E-state index is 6.59. The van der Waals surface area contributed by atoms with Gasteiger partial charge in [-0.3, -0.25) is 0 Å². The van der Waals surface area contributed by atoms with Gasteiger partial charge in [-0.25, -0.2) is 4.98 Å². The van der Waals surface area contributed by atoms with Crippen molar-refractivity contribution in [1.82, 2.24) is 4.98 Å². The molecule has 0 spiro atoms. The Morgan fingerprint density at radius 1 is 0.412 bits per heavy atom. The van der Waals surface area contributed by atoms with E-state index in [0.717, 1.165) is 77.2 Å². The first-order chi connectivity index (χ1) is 25.3. The summed E-state index contributed by atoms with van der Waals surface area (Å²) < 4.78 is 13.0. The van der Waals surface area contributed by atoms with Gasteiger partial charge in [0.25, 0.3) is 0 Å². The number of para-hydroxylation sites is 1. The molecule has 2 heterocycles. The molecular weight excluding hydrogens is 625 g/mol. The van der Waals surface area contributed by atoms with Gasteiger partial charge in [0, 0.05) is 44.5 Å². The van der Waals surface area contributed by atoms with Crippen molar-refractivity contribution < 1.29 is 8.83 Å². The molecular formula is C47H28N2O2. The van der Waals surface area contributed by atoms with E-state index in [1.165, 1.54) is 21.5 Å². The van der Waals surface area contributed by atoms with Crippen LogP contribution in [0.25, 0.3) is 87.6 Å². The third kappa shape index (κ3) is 4.30. The van der Waals surface area contributed by atoms with Crippen LogP contribution >= 0.6 is 0 Å². The second-order valence-corrected chi connectivity index (χ2v) is 13.1. The van der Waals surface area contributed by atoms with E-state index >= 15 is 0 Å². The first kappa shape index (κ1) is 28.0. The van der Waals surface area contributed by atoms with Crippen molar-refractivity contribution in [3.05, 3.63) is 170 Å². The van der Waals surface area contributed by atoms with E-state index in [1.807, 2.05) is 42.5 Å². The number of benzene rings is 9. The van der Waals surface area contributed by atoms with Crippen molar-refractivity contribution >= 4 is 93.2 Å². The molecule has 11 rings (SSSR count). The highest BCUT2D eigenvalue weighted by molar-refractivity contribution is 6.20. The highest BCUT2D eigenvalue weighted by Gasteiger charge is 2.21. The van der Waals surface area contributed by atoms with Gasteiger partial charge < -0.3 is 13.7 Å². The summed E-state index contributed by atoms with van der Waals surface area (Å²) in [4.78, 5) is 7.29. The van der Waals surface area contributed by atoms with Gasteiger partial charge in [-0.15, -0.1) is 0 Å². The van der Waals surface area contributed by atoms with Crippen molar-refractivity contribution in [1.29, 1.82) is 0 Å². The molecule has 238 valence electrons. The summed E-state index contributed by atoms with van der Waals surface area (Å²) in [5.41, 5.74) is 7.46. The van der Waals surface area contributed by atoms with Crippen molar-refractivity contribution in [3.8, 4) is 11.5 Å². The molecule has 0 atom stereocenters. The van der Waals surface area contributed by atoms with Gasteiger partial charge in [0.05, 0.1) is 5.69 Å². The summed E-state index contributed by atoms with van der Waals surface area (Å²) in [5.74, 6) is 0.620. The van der Waals surface area contributed by atoms with E-state index in [2.05, 4.69) is 132 Å². The second kappa shape index (κ2) is 10.8. The third-order valence-corrected chi connectivity index (χ3v) is 10.2. The summed E-state index contributed by atoms with van der Waals surface area (Å²) in [6.07, 6.45) is 0. The Kier molecular flexibility index (Phi) is 5.92. The summed E-state index contributed by atoms with van der Waals surface area (Å²) in [6.45, 7) is 0. The zero-order valence-electron chi connectivity index (χ0n) is 27.4. The van der Waals surface area contributed by atoms with Crippen molar-refractivity contribution in [2.75, 3.05) is 4.90 Å². The highest BCUT2D eigenvalue weighted by atomic mass is 16.3. The van der Waals surface area contributed by atoms with Gasteiger partial charge in [0.2, 0.25) is 5.89 Å². The molecule has 0 N–H and O–H groups in total. The van der Waals surface area contributed by atoms with Crippen molar-refractivity contribution in [2.24, 2.45) is 0 Å². The summed E-state index contributed by atoms with van der Waals surface area (Å²) in [7, 11) is 0. The fourth-order valence-corrected chi connectivity index (χ4v) is 7.85. The van der Waals surface area contributed by atoms with Crippen LogP contribution in [-0.4, -0.2) is 4.98 Å². The molecule has 4 heteroatoms. The van der Waals surface area contributed by atoms with Gasteiger partial charge in [-0.05, 0) is 86.9 Å². The summed E-state index contributed by atoms with van der Waals surface area (Å²) in [6, 6.07) is 59.9. The zero-order valence-corrected chi connectivity index (χ0v) is 27.4. The van der Waals surface area contributed by atoms with Crippen molar-refractivity contribution in [3.63, 3.8) is 0 Å². The van der Waals surface area contributed by atoms with E-state index in [1.54, 1.807) is 0 Å². The topological polar surface area (TPSA) is 42.4 Å². The third-order valence-electron chi connectivity index (χ3n) is 10.2. The molecule has 0 amide bonds. The predicted octanol–water partition coefficient (Wildman–Crippen LogP) is 13.5. The molecule has 0 aliphatic rings. The van der Waals surface area contributed by atoms with Crippen molar-refractivity contribution in [2.45, 2.75) is 0 Å². The molecule has 0 unspecified atom stereocenters. The number of fused-ring (bicyclic) bond motifs is 11. The number of rotatable bonds is 4. The highest BCUT2D eigenvalue weighted by Crippen LogP contribution is 2.45. The van der Waals surface area contributed by atoms with Gasteiger partial charge in [0.15, 0.2) is 5.58 Å². The Morgan fingerprint density at radius 2 is 1.08 bits per heavy atom. The van der Waals surface area contributed by atoms with Crippen LogP contribution < -0.4 is 4.90 Å². The number of oxazole rings is 1. The van der Waals surface area contributed by atoms with Gasteiger partial charge in [0.1, 0.15) is 16.7 Å². The average molecular weight is 653 g/mol. The number of aromatic nitrogens is 1. The SMILES string of the molecule is c1ccc(-c2nc3ccc4ccc5ccc(N(c6ccc7c(c6)oc6ccccc67)c6cc7ccccc7c7ccccc67)cc5c4c3o2)cc1. The maximum Gasteiger partial charge on any atom is 0.227 e. The van der Waals surface area contributed by atoms with Crippen LogP contribution in [0.15, 0.2) is 179 Å². The first-order valence-corrected chi connectivity index (χ1v) is 17.2. The standard InChI is InChI=1S/C47H28N2O2/c1-2-10-31(11-3-1)47-48-41-25-21-30-19-18-29-20-22-33(27-40(29)45(30)46(41)51-47)49(34-23-24-39-38-16-8-9-17-43(38)50-44(39)28-34)42-26-32-12-4-5-13-35(32)36-14-6-7-15-37(36)42/h1-28H. The summed E-state index contributed by atoms with van der Waals surface area (Å²) >= 11 is 0. The molecule has 0 radical (unpaired) electrons. The zero-order chi connectivity index (χ0) is 33.5. The number of nitrogens with zero attached hydrogens (tertiary/aromatic N) is 2. The lowest BCUT2D eigenvalue weighted by Gasteiger charge is -2.28. The molecule has 9 aromatic carbocycles. The smallest absolute Gasteiger partial charge is 0.227 e. The molecule has 0 bridgehead atoms. The molecule has 0 saturated carbocycles. The van der Waals surface area contributed by atoms with E-state index in [9.17, 15) is 0 Å². The van der Waals surface area contributed by atoms with Crippen LogP contribution in [0.4, 0.5) is 17.1 Å². The van der Waals surface area contributed by atoms with E-state index < -0.39 is 0 Å². The maximum absolute atomic E-state index is 6.59. The fraction of sp³-hybridized carbons (Fsp3) is 0. The molecule has 51 heavy (non-hydrogen) atoms. The fourth-order valence-electron chi connectivity index (χ4n) is 7.85. The Labute approximate surface area is 292 Å². The largest absolute Gasteiger partial charge is 0.456 e. The number of anilines is 3. The van der Waals surface area contributed by atoms with Crippen LogP contribution in [-0.2, 0) is 0 Å². The molecule has 0 aliphatic carbocycles. The second-order valence-electron chi connectivity index (χ2n) is 13.1. The number of hydrogen-bond acceptors (Lipinski definition) is 4. The molecule has 0 aliphatic heterocycles.